The lowest BCUT2D eigenvalue weighted by atomic mass is 9.85. The maximum atomic E-state index is 10.7. The van der Waals surface area contributed by atoms with E-state index in [0.717, 1.165) is 0 Å². The van der Waals surface area contributed by atoms with Crippen molar-refractivity contribution in [3.63, 3.8) is 0 Å². The van der Waals surface area contributed by atoms with E-state index in [1.165, 1.54) is 12.8 Å². The second kappa shape index (κ2) is 5.00. The zero-order valence-electron chi connectivity index (χ0n) is 8.49. The van der Waals surface area contributed by atoms with E-state index in [1.807, 2.05) is 6.08 Å². The van der Waals surface area contributed by atoms with Gasteiger partial charge in [0.05, 0.1) is 0 Å². The van der Waals surface area contributed by atoms with Gasteiger partial charge in [-0.2, -0.15) is 0 Å². The van der Waals surface area contributed by atoms with Crippen LogP contribution in [0, 0.1) is 11.8 Å². The van der Waals surface area contributed by atoms with Gasteiger partial charge < -0.3 is 0 Å². The molecule has 1 aliphatic rings. The summed E-state index contributed by atoms with van der Waals surface area (Å²) < 4.78 is 0. The molecule has 2 unspecified atom stereocenters. The number of rotatable bonds is 3. The molecular formula is C12H18O. The van der Waals surface area contributed by atoms with E-state index >= 15 is 0 Å². The van der Waals surface area contributed by atoms with Crippen LogP contribution >= 0.6 is 0 Å². The Balaban J connectivity index is 2.39. The molecule has 1 nitrogen and oxygen atoms in total. The van der Waals surface area contributed by atoms with Crippen molar-refractivity contribution in [2.45, 2.75) is 33.1 Å². The Morgan fingerprint density at radius 2 is 2.38 bits per heavy atom. The number of ketones is 1. The van der Waals surface area contributed by atoms with Crippen molar-refractivity contribution in [3.8, 4) is 0 Å². The van der Waals surface area contributed by atoms with E-state index in [-0.39, 0.29) is 5.78 Å². The molecule has 0 N–H and O–H groups in total. The van der Waals surface area contributed by atoms with Gasteiger partial charge in [-0.05, 0) is 31.6 Å². The van der Waals surface area contributed by atoms with E-state index in [9.17, 15) is 4.79 Å². The molecule has 13 heavy (non-hydrogen) atoms. The average molecular weight is 178 g/mol. The number of carbonyl (C=O) groups excluding carboxylic acids is 1. The molecule has 0 bridgehead atoms. The minimum absolute atomic E-state index is 0.246. The third kappa shape index (κ3) is 3.58. The average Bonchev–Trinajstić information content (AvgIpc) is 2.08. The fourth-order valence-electron chi connectivity index (χ4n) is 1.69. The molecule has 0 fully saturated rings. The number of Topliss-reactive ketones (excluding diaryl/α,β-unsaturated/α-hetero) is 1. The Bertz CT molecular complexity index is 225. The summed E-state index contributed by atoms with van der Waals surface area (Å²) in [5.41, 5.74) is 0. The summed E-state index contributed by atoms with van der Waals surface area (Å²) in [5.74, 6) is 1.52. The van der Waals surface area contributed by atoms with Crippen LogP contribution in [0.4, 0.5) is 0 Å². The van der Waals surface area contributed by atoms with Crippen molar-refractivity contribution in [1.29, 1.82) is 0 Å². The Kier molecular flexibility index (Phi) is 3.94. The van der Waals surface area contributed by atoms with Crippen LogP contribution < -0.4 is 0 Å². The van der Waals surface area contributed by atoms with Crippen LogP contribution in [-0.4, -0.2) is 5.78 Å². The predicted octanol–water partition coefficient (Wildman–Crippen LogP) is 3.12. The molecule has 1 heteroatoms. The van der Waals surface area contributed by atoms with Crippen molar-refractivity contribution >= 4 is 5.78 Å². The summed E-state index contributed by atoms with van der Waals surface area (Å²) in [6, 6.07) is 0. The van der Waals surface area contributed by atoms with E-state index in [2.05, 4.69) is 25.2 Å². The van der Waals surface area contributed by atoms with E-state index in [0.29, 0.717) is 18.3 Å². The first-order chi connectivity index (χ1) is 6.20. The number of allylic oxidation sites excluding steroid dienone is 4. The molecule has 72 valence electrons. The molecule has 1 aliphatic carbocycles. The fraction of sp³-hybridized carbons (Fsp3) is 0.583. The Morgan fingerprint density at radius 1 is 1.62 bits per heavy atom. The first-order valence-electron chi connectivity index (χ1n) is 5.03. The summed E-state index contributed by atoms with van der Waals surface area (Å²) >= 11 is 0. The van der Waals surface area contributed by atoms with Gasteiger partial charge in [-0.25, -0.2) is 0 Å². The van der Waals surface area contributed by atoms with Crippen molar-refractivity contribution in [2.75, 3.05) is 0 Å². The lowest BCUT2D eigenvalue weighted by Crippen LogP contribution is -2.09. The summed E-state index contributed by atoms with van der Waals surface area (Å²) in [7, 11) is 0. The highest BCUT2D eigenvalue weighted by atomic mass is 16.1. The van der Waals surface area contributed by atoms with Gasteiger partial charge in [0, 0.05) is 6.42 Å². The molecule has 0 heterocycles. The van der Waals surface area contributed by atoms with Crippen molar-refractivity contribution in [2.24, 2.45) is 11.8 Å². The second-order valence-electron chi connectivity index (χ2n) is 3.86. The molecule has 0 aliphatic heterocycles. The van der Waals surface area contributed by atoms with Crippen LogP contribution in [0.3, 0.4) is 0 Å². The quantitative estimate of drug-likeness (QED) is 0.607. The van der Waals surface area contributed by atoms with Gasteiger partial charge >= 0.3 is 0 Å². The van der Waals surface area contributed by atoms with Crippen molar-refractivity contribution < 1.29 is 4.79 Å². The zero-order valence-corrected chi connectivity index (χ0v) is 8.49. The minimum atomic E-state index is 0.246. The third-order valence-corrected chi connectivity index (χ3v) is 2.57. The van der Waals surface area contributed by atoms with Gasteiger partial charge in [-0.1, -0.05) is 31.2 Å². The van der Waals surface area contributed by atoms with Gasteiger partial charge in [0.2, 0.25) is 0 Å². The summed E-state index contributed by atoms with van der Waals surface area (Å²) in [4.78, 5) is 10.7. The van der Waals surface area contributed by atoms with Crippen LogP contribution in [0.5, 0.6) is 0 Å². The molecule has 0 saturated heterocycles. The molecular weight excluding hydrogens is 160 g/mol. The van der Waals surface area contributed by atoms with Crippen LogP contribution in [0.1, 0.15) is 33.1 Å². The van der Waals surface area contributed by atoms with Gasteiger partial charge in [0.1, 0.15) is 5.78 Å². The number of hydrogen-bond acceptors (Lipinski definition) is 1. The Labute approximate surface area is 80.5 Å². The standard InChI is InChI=1S/C12H18O/c1-10-6-3-4-8-12(10)9-5-7-11(2)13/h3,5-6,9-10,12H,4,7-8H2,1-2H3/b9-5-. The monoisotopic (exact) mass is 178 g/mol. The second-order valence-corrected chi connectivity index (χ2v) is 3.86. The fourth-order valence-corrected chi connectivity index (χ4v) is 1.69. The summed E-state index contributed by atoms with van der Waals surface area (Å²) in [6.45, 7) is 3.87. The lowest BCUT2D eigenvalue weighted by Gasteiger charge is -2.20. The van der Waals surface area contributed by atoms with E-state index in [4.69, 9.17) is 0 Å². The largest absolute Gasteiger partial charge is 0.300 e. The maximum absolute atomic E-state index is 10.7. The highest BCUT2D eigenvalue weighted by molar-refractivity contribution is 5.76. The molecule has 0 aromatic carbocycles. The summed E-state index contributed by atoms with van der Waals surface area (Å²) in [5, 5.41) is 0. The third-order valence-electron chi connectivity index (χ3n) is 2.57. The summed E-state index contributed by atoms with van der Waals surface area (Å²) in [6.07, 6.45) is 11.7. The van der Waals surface area contributed by atoms with E-state index < -0.39 is 0 Å². The molecule has 1 rings (SSSR count). The lowest BCUT2D eigenvalue weighted by molar-refractivity contribution is -0.116. The first-order valence-corrected chi connectivity index (χ1v) is 5.03. The van der Waals surface area contributed by atoms with Crippen LogP contribution in [-0.2, 0) is 4.79 Å². The van der Waals surface area contributed by atoms with E-state index in [1.54, 1.807) is 6.92 Å². The molecule has 0 saturated carbocycles. The topological polar surface area (TPSA) is 17.1 Å². The van der Waals surface area contributed by atoms with Crippen LogP contribution in [0.15, 0.2) is 24.3 Å². The molecule has 0 spiro atoms. The highest BCUT2D eigenvalue weighted by Crippen LogP contribution is 2.25. The molecule has 0 amide bonds. The minimum Gasteiger partial charge on any atom is -0.300 e. The van der Waals surface area contributed by atoms with Crippen LogP contribution in [0.2, 0.25) is 0 Å². The van der Waals surface area contributed by atoms with Gasteiger partial charge in [0.25, 0.3) is 0 Å². The highest BCUT2D eigenvalue weighted by Gasteiger charge is 2.13. The van der Waals surface area contributed by atoms with Gasteiger partial charge in [0.15, 0.2) is 0 Å². The maximum Gasteiger partial charge on any atom is 0.133 e. The Hall–Kier alpha value is -0.850. The molecule has 2 atom stereocenters. The predicted molar refractivity (Wildman–Crippen MR) is 55.5 cm³/mol. The smallest absolute Gasteiger partial charge is 0.133 e. The molecule has 0 aromatic rings. The van der Waals surface area contributed by atoms with Crippen molar-refractivity contribution in [3.05, 3.63) is 24.3 Å². The SMILES string of the molecule is CC(=O)C/C=C\C1CCC=CC1C. The first kappa shape index (κ1) is 10.2. The van der Waals surface area contributed by atoms with Crippen LogP contribution in [0.25, 0.3) is 0 Å². The van der Waals surface area contributed by atoms with Gasteiger partial charge in [-0.3, -0.25) is 4.79 Å². The Morgan fingerprint density at radius 3 is 3.00 bits per heavy atom. The zero-order chi connectivity index (χ0) is 9.68. The van der Waals surface area contributed by atoms with Crippen molar-refractivity contribution in [1.82, 2.24) is 0 Å². The van der Waals surface area contributed by atoms with Gasteiger partial charge in [-0.15, -0.1) is 0 Å². The normalized spacial score (nSPS) is 28.2. The molecule has 0 radical (unpaired) electrons. The number of hydrogen-bond donors (Lipinski definition) is 0. The number of carbonyl (C=O) groups is 1. The molecule has 0 aromatic heterocycles.